The molecule has 3 heterocycles. The van der Waals surface area contributed by atoms with Crippen LogP contribution < -0.4 is 5.06 Å². The van der Waals surface area contributed by atoms with Crippen molar-refractivity contribution in [2.24, 2.45) is 0 Å². The Kier molecular flexibility index (Phi) is 5.03. The molecule has 12 heteroatoms. The maximum absolute atomic E-state index is 13.8. The number of nitrogens with one attached hydrogen (secondary N) is 1. The zero-order valence-corrected chi connectivity index (χ0v) is 15.2. The largest absolute Gasteiger partial charge is 0.396 e. The molecule has 2 N–H and O–H groups in total. The lowest BCUT2D eigenvalue weighted by atomic mass is 10.2. The topological polar surface area (TPSA) is 104 Å². The number of H-pyrrole nitrogens is 1. The van der Waals surface area contributed by atoms with Crippen LogP contribution in [-0.4, -0.2) is 54.4 Å². The van der Waals surface area contributed by atoms with Gasteiger partial charge in [0, 0.05) is 19.2 Å². The molecule has 3 aromatic heterocycles. The van der Waals surface area contributed by atoms with Crippen molar-refractivity contribution >= 4 is 22.5 Å². The molecule has 29 heavy (non-hydrogen) atoms. The van der Waals surface area contributed by atoms with Crippen LogP contribution in [0, 0.1) is 12.7 Å². The molecule has 0 aliphatic rings. The Labute approximate surface area is 161 Å². The molecule has 0 saturated carbocycles. The summed E-state index contributed by atoms with van der Waals surface area (Å²) in [6, 6.07) is 3.94. The van der Waals surface area contributed by atoms with Gasteiger partial charge < -0.3 is 5.11 Å². The molecule has 0 atom stereocenters. The molecular weight excluding hydrogens is 391 g/mol. The number of halogens is 3. The van der Waals surface area contributed by atoms with Gasteiger partial charge in [-0.25, -0.2) is 29.2 Å². The van der Waals surface area contributed by atoms with Crippen LogP contribution in [0.3, 0.4) is 0 Å². The molecule has 0 aliphatic heterocycles. The summed E-state index contributed by atoms with van der Waals surface area (Å²) in [6.45, 7) is -1.71. The molecular formula is C17H16F3N7O2. The summed E-state index contributed by atoms with van der Waals surface area (Å²) in [6.07, 6.45) is 1.62. The molecule has 0 aliphatic carbocycles. The number of alkyl halides is 2. The van der Waals surface area contributed by atoms with E-state index in [9.17, 15) is 13.2 Å². The number of hydrogen-bond donors (Lipinski definition) is 2. The number of aryl methyl sites for hydroxylation is 1. The quantitative estimate of drug-likeness (QED) is 0.454. The molecule has 1 aromatic carbocycles. The third-order valence-corrected chi connectivity index (χ3v) is 4.16. The van der Waals surface area contributed by atoms with Crippen molar-refractivity contribution in [3.63, 3.8) is 0 Å². The first-order valence-corrected chi connectivity index (χ1v) is 8.67. The molecule has 0 bridgehead atoms. The van der Waals surface area contributed by atoms with E-state index in [1.807, 2.05) is 0 Å². The zero-order valence-electron chi connectivity index (χ0n) is 15.2. The van der Waals surface area contributed by atoms with Crippen LogP contribution in [-0.2, 0) is 4.84 Å². The number of fused-ring (bicyclic) bond motifs is 3. The Balaban J connectivity index is 1.99. The van der Waals surface area contributed by atoms with E-state index in [1.165, 1.54) is 24.4 Å². The van der Waals surface area contributed by atoms with Crippen molar-refractivity contribution in [1.29, 1.82) is 0 Å². The smallest absolute Gasteiger partial charge is 0.365 e. The van der Waals surface area contributed by atoms with Crippen LogP contribution in [0.4, 0.5) is 19.0 Å². The van der Waals surface area contributed by atoms with Gasteiger partial charge in [0.25, 0.3) is 0 Å². The Hall–Kier alpha value is -3.25. The number of aromatic nitrogens is 6. The third-order valence-electron chi connectivity index (χ3n) is 4.16. The van der Waals surface area contributed by atoms with E-state index in [-0.39, 0.29) is 36.6 Å². The van der Waals surface area contributed by atoms with Gasteiger partial charge in [0.05, 0.1) is 17.2 Å². The fourth-order valence-corrected chi connectivity index (χ4v) is 2.99. The minimum atomic E-state index is -3.12. The minimum Gasteiger partial charge on any atom is -0.396 e. The maximum Gasteiger partial charge on any atom is 0.365 e. The van der Waals surface area contributed by atoms with Crippen LogP contribution in [0.25, 0.3) is 28.2 Å². The van der Waals surface area contributed by atoms with Crippen LogP contribution in [0.15, 0.2) is 24.4 Å². The molecule has 9 nitrogen and oxygen atoms in total. The molecule has 0 saturated heterocycles. The summed E-state index contributed by atoms with van der Waals surface area (Å²) in [7, 11) is 0. The summed E-state index contributed by atoms with van der Waals surface area (Å²) in [5.74, 6) is 0.317. The predicted molar refractivity (Wildman–Crippen MR) is 96.7 cm³/mol. The Morgan fingerprint density at radius 3 is 2.83 bits per heavy atom. The van der Waals surface area contributed by atoms with E-state index < -0.39 is 12.4 Å². The van der Waals surface area contributed by atoms with Crippen molar-refractivity contribution in [3.8, 4) is 11.5 Å². The molecule has 4 aromatic rings. The normalized spacial score (nSPS) is 11.8. The number of aliphatic hydroxyl groups excluding tert-OH is 1. The highest BCUT2D eigenvalue weighted by Gasteiger charge is 2.23. The number of imidazole rings is 1. The number of hydrogen-bond acceptors (Lipinski definition) is 7. The third kappa shape index (κ3) is 3.59. The fraction of sp³-hybridized carbons (Fsp3) is 0.294. The van der Waals surface area contributed by atoms with Crippen molar-refractivity contribution in [1.82, 2.24) is 29.5 Å². The summed E-state index contributed by atoms with van der Waals surface area (Å²) in [4.78, 5) is 17.5. The SMILES string of the molecule is Cc1nc(-c2cnc3c(N(CCCO)OC(F)F)nc4cc(F)ccc4n23)n[nH]1. The highest BCUT2D eigenvalue weighted by atomic mass is 19.3. The van der Waals surface area contributed by atoms with Crippen LogP contribution in [0.5, 0.6) is 0 Å². The molecule has 0 amide bonds. The second-order valence-electron chi connectivity index (χ2n) is 6.16. The Morgan fingerprint density at radius 1 is 1.31 bits per heavy atom. The van der Waals surface area contributed by atoms with Crippen molar-refractivity contribution < 1.29 is 23.1 Å². The van der Waals surface area contributed by atoms with Gasteiger partial charge in [0.1, 0.15) is 17.3 Å². The molecule has 4 rings (SSSR count). The van der Waals surface area contributed by atoms with Gasteiger partial charge >= 0.3 is 6.61 Å². The first-order valence-electron chi connectivity index (χ1n) is 8.67. The maximum atomic E-state index is 13.8. The number of benzene rings is 1. The van der Waals surface area contributed by atoms with Crippen LogP contribution >= 0.6 is 0 Å². The summed E-state index contributed by atoms with van der Waals surface area (Å²) in [5, 5.41) is 16.8. The van der Waals surface area contributed by atoms with Gasteiger partial charge in [-0.2, -0.15) is 13.9 Å². The van der Waals surface area contributed by atoms with E-state index in [1.54, 1.807) is 11.3 Å². The lowest BCUT2D eigenvalue weighted by Crippen LogP contribution is -2.29. The van der Waals surface area contributed by atoms with E-state index in [0.717, 1.165) is 5.06 Å². The Morgan fingerprint density at radius 2 is 2.14 bits per heavy atom. The number of aliphatic hydroxyl groups is 1. The van der Waals surface area contributed by atoms with E-state index in [2.05, 4.69) is 30.0 Å². The lowest BCUT2D eigenvalue weighted by molar-refractivity contribution is -0.140. The first kappa shape index (κ1) is 19.1. The molecule has 0 fully saturated rings. The van der Waals surface area contributed by atoms with Crippen molar-refractivity contribution in [2.75, 3.05) is 18.2 Å². The van der Waals surface area contributed by atoms with E-state index >= 15 is 0 Å². The summed E-state index contributed by atoms with van der Waals surface area (Å²) in [5.41, 5.74) is 1.34. The second-order valence-corrected chi connectivity index (χ2v) is 6.16. The molecule has 0 spiro atoms. The second kappa shape index (κ2) is 7.64. The summed E-state index contributed by atoms with van der Waals surface area (Å²) < 4.78 is 41.4. The standard InChI is InChI=1S/C17H16F3N7O2/c1-9-22-14(25-24-9)13-8-21-15-16(26(5-2-6-28)29-17(19)20)23-11-7-10(18)3-4-12(11)27(13)15/h3-4,7-8,17,28H,2,5-6H2,1H3,(H,22,24,25). The average Bonchev–Trinajstić information content (AvgIpc) is 3.30. The number of aromatic amines is 1. The van der Waals surface area contributed by atoms with Gasteiger partial charge in [0.15, 0.2) is 17.3 Å². The fourth-order valence-electron chi connectivity index (χ4n) is 2.99. The average molecular weight is 407 g/mol. The van der Waals surface area contributed by atoms with Crippen molar-refractivity contribution in [3.05, 3.63) is 36.0 Å². The molecule has 0 radical (unpaired) electrons. The molecule has 152 valence electrons. The number of rotatable bonds is 7. The number of hydroxylamine groups is 1. The Bertz CT molecular complexity index is 1160. The van der Waals surface area contributed by atoms with E-state index in [0.29, 0.717) is 22.9 Å². The van der Waals surface area contributed by atoms with Gasteiger partial charge in [-0.15, -0.1) is 0 Å². The van der Waals surface area contributed by atoms with Gasteiger partial charge in [0.2, 0.25) is 0 Å². The van der Waals surface area contributed by atoms with Crippen LogP contribution in [0.2, 0.25) is 0 Å². The van der Waals surface area contributed by atoms with Gasteiger partial charge in [-0.05, 0) is 25.5 Å². The monoisotopic (exact) mass is 407 g/mol. The first-order chi connectivity index (χ1) is 14.0. The number of anilines is 1. The van der Waals surface area contributed by atoms with Crippen molar-refractivity contribution in [2.45, 2.75) is 20.0 Å². The highest BCUT2D eigenvalue weighted by Crippen LogP contribution is 2.30. The number of nitrogens with zero attached hydrogens (tertiary/aromatic N) is 6. The summed E-state index contributed by atoms with van der Waals surface area (Å²) >= 11 is 0. The van der Waals surface area contributed by atoms with Crippen LogP contribution in [0.1, 0.15) is 12.2 Å². The zero-order chi connectivity index (χ0) is 20.5. The minimum absolute atomic E-state index is 0.0460. The predicted octanol–water partition coefficient (Wildman–Crippen LogP) is 2.46. The van der Waals surface area contributed by atoms with E-state index in [4.69, 9.17) is 5.11 Å². The molecule has 0 unspecified atom stereocenters. The highest BCUT2D eigenvalue weighted by molar-refractivity contribution is 5.85. The lowest BCUT2D eigenvalue weighted by Gasteiger charge is -2.22. The van der Waals surface area contributed by atoms with Gasteiger partial charge in [-0.1, -0.05) is 0 Å². The van der Waals surface area contributed by atoms with Gasteiger partial charge in [-0.3, -0.25) is 9.50 Å².